The summed E-state index contributed by atoms with van der Waals surface area (Å²) in [5, 5.41) is 13.0. The van der Waals surface area contributed by atoms with Gasteiger partial charge in [-0.05, 0) is 92.2 Å². The maximum atomic E-state index is 4.55. The summed E-state index contributed by atoms with van der Waals surface area (Å²) in [5.41, 5.74) is 3.50. The van der Waals surface area contributed by atoms with Gasteiger partial charge in [-0.3, -0.25) is 4.90 Å². The van der Waals surface area contributed by atoms with Crippen molar-refractivity contribution in [3.63, 3.8) is 0 Å². The smallest absolute Gasteiger partial charge is 0.176 e. The van der Waals surface area contributed by atoms with Gasteiger partial charge in [-0.15, -0.1) is 5.10 Å². The molecule has 0 amide bonds. The number of benzene rings is 1. The molecule has 1 aliphatic carbocycles. The molecule has 1 aromatic heterocycles. The maximum absolute atomic E-state index is 4.55. The van der Waals surface area contributed by atoms with Crippen LogP contribution in [0.3, 0.4) is 0 Å². The van der Waals surface area contributed by atoms with E-state index in [0.717, 1.165) is 43.4 Å². The molecule has 1 saturated carbocycles. The molecule has 0 radical (unpaired) electrons. The number of rotatable bonds is 5. The molecule has 0 spiro atoms. The van der Waals surface area contributed by atoms with Gasteiger partial charge in [0.15, 0.2) is 5.82 Å². The van der Waals surface area contributed by atoms with E-state index < -0.39 is 0 Å². The Morgan fingerprint density at radius 3 is 2.24 bits per heavy atom. The van der Waals surface area contributed by atoms with Crippen molar-refractivity contribution in [1.29, 1.82) is 0 Å². The fraction of sp³-hybridized carbons (Fsp3) is 0.650. The van der Waals surface area contributed by atoms with Gasteiger partial charge in [0.1, 0.15) is 0 Å². The Kier molecular flexibility index (Phi) is 5.23. The molecule has 1 heterocycles. The number of hydrogen-bond acceptors (Lipinski definition) is 4. The Hall–Kier alpha value is -1.75. The third kappa shape index (κ3) is 3.34. The largest absolute Gasteiger partial charge is 0.291 e. The van der Waals surface area contributed by atoms with Crippen molar-refractivity contribution >= 4 is 0 Å². The Labute approximate surface area is 151 Å². The minimum atomic E-state index is -0.0584. The van der Waals surface area contributed by atoms with Crippen LogP contribution in [0.15, 0.2) is 18.2 Å². The van der Waals surface area contributed by atoms with E-state index in [0.29, 0.717) is 0 Å². The molecule has 0 bridgehead atoms. The molecule has 25 heavy (non-hydrogen) atoms. The van der Waals surface area contributed by atoms with E-state index in [1.165, 1.54) is 24.0 Å². The first kappa shape index (κ1) is 18.1. The Morgan fingerprint density at radius 1 is 1.08 bits per heavy atom. The highest BCUT2D eigenvalue weighted by atomic mass is 15.6. The van der Waals surface area contributed by atoms with Crippen molar-refractivity contribution in [2.45, 2.75) is 65.8 Å². The van der Waals surface area contributed by atoms with Gasteiger partial charge in [0.25, 0.3) is 0 Å². The lowest BCUT2D eigenvalue weighted by Crippen LogP contribution is -2.50. The van der Waals surface area contributed by atoms with Crippen LogP contribution < -0.4 is 0 Å². The molecule has 0 unspecified atom stereocenters. The summed E-state index contributed by atoms with van der Waals surface area (Å²) in [6.45, 7) is 13.1. The molecule has 5 nitrogen and oxygen atoms in total. The predicted octanol–water partition coefficient (Wildman–Crippen LogP) is 4.03. The highest BCUT2D eigenvalue weighted by Gasteiger charge is 2.44. The lowest BCUT2D eigenvalue weighted by Gasteiger charge is -2.46. The van der Waals surface area contributed by atoms with Crippen molar-refractivity contribution in [2.24, 2.45) is 5.92 Å². The minimum Gasteiger partial charge on any atom is -0.291 e. The number of hydrogen-bond donors (Lipinski definition) is 0. The minimum absolute atomic E-state index is 0.0584. The van der Waals surface area contributed by atoms with Gasteiger partial charge in [0.05, 0.1) is 11.2 Å². The summed E-state index contributed by atoms with van der Waals surface area (Å²) >= 11 is 0. The molecule has 0 saturated heterocycles. The Bertz CT molecular complexity index is 688. The molecule has 0 aliphatic heterocycles. The third-order valence-electron chi connectivity index (χ3n) is 5.81. The lowest BCUT2D eigenvalue weighted by atomic mass is 9.75. The predicted molar refractivity (Wildman–Crippen MR) is 101 cm³/mol. The van der Waals surface area contributed by atoms with Crippen LogP contribution in [0.5, 0.6) is 0 Å². The zero-order valence-electron chi connectivity index (χ0n) is 16.3. The summed E-state index contributed by atoms with van der Waals surface area (Å²) in [6, 6.07) is 6.54. The first-order valence-electron chi connectivity index (χ1n) is 9.62. The second-order valence-corrected chi connectivity index (χ2v) is 7.65. The molecular weight excluding hydrogens is 310 g/mol. The molecule has 1 aliphatic rings. The zero-order chi connectivity index (χ0) is 18.0. The fourth-order valence-corrected chi connectivity index (χ4v) is 4.47. The molecule has 1 aromatic carbocycles. The molecule has 2 aromatic rings. The first-order valence-corrected chi connectivity index (χ1v) is 9.62. The third-order valence-corrected chi connectivity index (χ3v) is 5.81. The SMILES string of the molecule is CCN(CC)C1(c2nnnn2-c2cc(C)cc(C)c2)CCC(C)CC1. The van der Waals surface area contributed by atoms with E-state index in [1.54, 1.807) is 0 Å². The maximum Gasteiger partial charge on any atom is 0.176 e. The van der Waals surface area contributed by atoms with E-state index in [9.17, 15) is 0 Å². The summed E-state index contributed by atoms with van der Waals surface area (Å²) in [5.74, 6) is 1.79. The molecule has 0 atom stereocenters. The highest BCUT2D eigenvalue weighted by Crippen LogP contribution is 2.43. The molecular formula is C20H31N5. The average Bonchev–Trinajstić information content (AvgIpc) is 3.07. The average molecular weight is 342 g/mol. The first-order chi connectivity index (χ1) is 12.0. The Morgan fingerprint density at radius 2 is 1.68 bits per heavy atom. The normalized spacial score (nSPS) is 24.0. The van der Waals surface area contributed by atoms with Crippen LogP contribution in [0.2, 0.25) is 0 Å². The molecule has 1 fully saturated rings. The second-order valence-electron chi connectivity index (χ2n) is 7.65. The van der Waals surface area contributed by atoms with Gasteiger partial charge in [0.2, 0.25) is 0 Å². The quantitative estimate of drug-likeness (QED) is 0.824. The monoisotopic (exact) mass is 341 g/mol. The number of tetrazole rings is 1. The molecule has 136 valence electrons. The Balaban J connectivity index is 2.10. The number of aromatic nitrogens is 4. The standard InChI is InChI=1S/C20H31N5/c1-6-24(7-2)20(10-8-15(3)9-11-20)19-21-22-23-25(19)18-13-16(4)12-17(5)14-18/h12-15H,6-11H2,1-5H3. The fourth-order valence-electron chi connectivity index (χ4n) is 4.47. The van der Waals surface area contributed by atoms with Crippen molar-refractivity contribution in [2.75, 3.05) is 13.1 Å². The van der Waals surface area contributed by atoms with Gasteiger partial charge in [-0.25, -0.2) is 0 Å². The van der Waals surface area contributed by atoms with Crippen LogP contribution in [-0.2, 0) is 5.54 Å². The summed E-state index contributed by atoms with van der Waals surface area (Å²) in [7, 11) is 0. The van der Waals surface area contributed by atoms with Crippen molar-refractivity contribution in [3.05, 3.63) is 35.2 Å². The van der Waals surface area contributed by atoms with Crippen molar-refractivity contribution in [3.8, 4) is 5.69 Å². The van der Waals surface area contributed by atoms with Gasteiger partial charge < -0.3 is 0 Å². The van der Waals surface area contributed by atoms with E-state index >= 15 is 0 Å². The second kappa shape index (κ2) is 7.24. The highest BCUT2D eigenvalue weighted by molar-refractivity contribution is 5.39. The zero-order valence-corrected chi connectivity index (χ0v) is 16.3. The molecule has 5 heteroatoms. The van der Waals surface area contributed by atoms with Gasteiger partial charge in [-0.1, -0.05) is 26.8 Å². The summed E-state index contributed by atoms with van der Waals surface area (Å²) < 4.78 is 1.98. The van der Waals surface area contributed by atoms with Gasteiger partial charge >= 0.3 is 0 Å². The van der Waals surface area contributed by atoms with Crippen LogP contribution in [0.4, 0.5) is 0 Å². The van der Waals surface area contributed by atoms with Gasteiger partial charge in [-0.2, -0.15) is 4.68 Å². The van der Waals surface area contributed by atoms with Crippen molar-refractivity contribution in [1.82, 2.24) is 25.1 Å². The summed E-state index contributed by atoms with van der Waals surface area (Å²) in [6.07, 6.45) is 4.72. The topological polar surface area (TPSA) is 46.8 Å². The molecule has 3 rings (SSSR count). The van der Waals surface area contributed by atoms with E-state index in [-0.39, 0.29) is 5.54 Å². The summed E-state index contributed by atoms with van der Waals surface area (Å²) in [4.78, 5) is 2.56. The van der Waals surface area contributed by atoms with Gasteiger partial charge in [0, 0.05) is 0 Å². The van der Waals surface area contributed by atoms with Crippen LogP contribution in [-0.4, -0.2) is 38.2 Å². The van der Waals surface area contributed by atoms with Crippen LogP contribution in [0.1, 0.15) is 63.4 Å². The van der Waals surface area contributed by atoms with Crippen LogP contribution >= 0.6 is 0 Å². The molecule has 0 N–H and O–H groups in total. The van der Waals surface area contributed by atoms with E-state index in [4.69, 9.17) is 0 Å². The van der Waals surface area contributed by atoms with Crippen LogP contribution in [0, 0.1) is 19.8 Å². The lowest BCUT2D eigenvalue weighted by molar-refractivity contribution is 0.0336. The number of nitrogens with zero attached hydrogens (tertiary/aromatic N) is 5. The van der Waals surface area contributed by atoms with Crippen LogP contribution in [0.25, 0.3) is 5.69 Å². The number of aryl methyl sites for hydroxylation is 2. The van der Waals surface area contributed by atoms with Crippen molar-refractivity contribution < 1.29 is 0 Å². The van der Waals surface area contributed by atoms with E-state index in [2.05, 4.69) is 73.2 Å². The van der Waals surface area contributed by atoms with E-state index in [1.807, 2.05) is 4.68 Å².